The van der Waals surface area contributed by atoms with Gasteiger partial charge in [0.2, 0.25) is 0 Å². The van der Waals surface area contributed by atoms with Gasteiger partial charge in [-0.3, -0.25) is 37.3 Å². The average molecular weight is 1480 g/mol. The Labute approximate surface area is 618 Å². The molecule has 17 nitrogen and oxygen atoms in total. The third-order valence-corrected chi connectivity index (χ3v) is 21.5. The number of esters is 4. The fourth-order valence-electron chi connectivity index (χ4n) is 12.0. The zero-order valence-corrected chi connectivity index (χ0v) is 67.6. The molecule has 0 saturated heterocycles. The van der Waals surface area contributed by atoms with Gasteiger partial charge in [0.1, 0.15) is 19.3 Å². The van der Waals surface area contributed by atoms with E-state index in [1.165, 1.54) is 193 Å². The Bertz CT molecular complexity index is 2060. The highest BCUT2D eigenvalue weighted by atomic mass is 31.2. The van der Waals surface area contributed by atoms with Crippen molar-refractivity contribution in [3.05, 3.63) is 24.3 Å². The summed E-state index contributed by atoms with van der Waals surface area (Å²) in [6, 6.07) is 0. The highest BCUT2D eigenvalue weighted by Gasteiger charge is 2.30. The first-order valence-electron chi connectivity index (χ1n) is 41.8. The van der Waals surface area contributed by atoms with Crippen LogP contribution in [-0.2, 0) is 65.4 Å². The molecule has 5 unspecified atom stereocenters. The first kappa shape index (κ1) is 98.5. The van der Waals surface area contributed by atoms with Crippen molar-refractivity contribution in [2.45, 2.75) is 420 Å². The van der Waals surface area contributed by atoms with Gasteiger partial charge < -0.3 is 33.8 Å². The number of rotatable bonds is 78. The Morgan fingerprint density at radius 2 is 0.554 bits per heavy atom. The minimum atomic E-state index is -4.97. The minimum Gasteiger partial charge on any atom is -0.462 e. The van der Waals surface area contributed by atoms with E-state index < -0.39 is 97.5 Å². The monoisotopic (exact) mass is 1480 g/mol. The van der Waals surface area contributed by atoms with Gasteiger partial charge in [-0.1, -0.05) is 349 Å². The van der Waals surface area contributed by atoms with Crippen molar-refractivity contribution >= 4 is 39.5 Å². The van der Waals surface area contributed by atoms with E-state index in [9.17, 15) is 43.2 Å². The molecule has 0 rings (SSSR count). The van der Waals surface area contributed by atoms with E-state index in [1.54, 1.807) is 0 Å². The average Bonchev–Trinajstić information content (AvgIpc) is 1.14. The van der Waals surface area contributed by atoms with Crippen molar-refractivity contribution in [2.75, 3.05) is 39.6 Å². The van der Waals surface area contributed by atoms with Crippen LogP contribution in [0.4, 0.5) is 0 Å². The van der Waals surface area contributed by atoms with Crippen LogP contribution in [0.3, 0.4) is 0 Å². The Kier molecular flexibility index (Phi) is 70.0. The van der Waals surface area contributed by atoms with Crippen molar-refractivity contribution in [1.82, 2.24) is 0 Å². The first-order valence-corrected chi connectivity index (χ1v) is 44.8. The fraction of sp³-hybridized carbons (Fsp3) is 0.902. The van der Waals surface area contributed by atoms with Gasteiger partial charge in [-0.2, -0.15) is 0 Å². The third kappa shape index (κ3) is 71.6. The maximum atomic E-state index is 13.1. The molecule has 0 aliphatic heterocycles. The SMILES string of the molecule is CCCCCC/C=C\C=C/CCCCCCCC(=O)O[C@H](COC(=O)CCCCCCCCCCCCC(C)CC)COP(=O)(O)OC[C@@H](O)COP(=O)(O)OC[C@@H](COC(=O)CCCCCCCCC(C)CC)OC(=O)CCCCCCCCCCCCCCCCCCCCC(C)CC. The Hall–Kier alpha value is -2.46. The second-order valence-electron chi connectivity index (χ2n) is 29.6. The number of hydrogen-bond donors (Lipinski definition) is 3. The number of hydrogen-bond acceptors (Lipinski definition) is 15. The summed E-state index contributed by atoms with van der Waals surface area (Å²) in [7, 11) is -9.93. The lowest BCUT2D eigenvalue weighted by Crippen LogP contribution is -2.30. The van der Waals surface area contributed by atoms with Crippen LogP contribution in [0.1, 0.15) is 402 Å². The number of phosphoric ester groups is 2. The predicted molar refractivity (Wildman–Crippen MR) is 414 cm³/mol. The van der Waals surface area contributed by atoms with Crippen molar-refractivity contribution in [1.29, 1.82) is 0 Å². The molecule has 101 heavy (non-hydrogen) atoms. The summed E-state index contributed by atoms with van der Waals surface area (Å²) in [6.45, 7) is 11.9. The summed E-state index contributed by atoms with van der Waals surface area (Å²) in [6.07, 6.45) is 63.2. The lowest BCUT2D eigenvalue weighted by molar-refractivity contribution is -0.161. The number of aliphatic hydroxyl groups is 1. The minimum absolute atomic E-state index is 0.0847. The molecule has 0 heterocycles. The number of carbonyl (C=O) groups is 4. The number of phosphoric acid groups is 2. The highest BCUT2D eigenvalue weighted by molar-refractivity contribution is 7.47. The normalized spacial score (nSPS) is 14.9. The van der Waals surface area contributed by atoms with Crippen LogP contribution in [0.2, 0.25) is 0 Å². The number of allylic oxidation sites excluding steroid dienone is 4. The van der Waals surface area contributed by atoms with Crippen LogP contribution in [0, 0.1) is 17.8 Å². The lowest BCUT2D eigenvalue weighted by Gasteiger charge is -2.21. The van der Waals surface area contributed by atoms with Gasteiger partial charge in [0.15, 0.2) is 12.2 Å². The molecule has 0 aromatic rings. The second-order valence-corrected chi connectivity index (χ2v) is 32.5. The van der Waals surface area contributed by atoms with Gasteiger partial charge in [-0.15, -0.1) is 0 Å². The van der Waals surface area contributed by atoms with E-state index in [-0.39, 0.29) is 25.7 Å². The van der Waals surface area contributed by atoms with Crippen LogP contribution in [-0.4, -0.2) is 96.7 Å². The zero-order valence-electron chi connectivity index (χ0n) is 65.9. The molecule has 0 spiro atoms. The van der Waals surface area contributed by atoms with Gasteiger partial charge in [-0.25, -0.2) is 9.13 Å². The summed E-state index contributed by atoms with van der Waals surface area (Å²) in [5.74, 6) is 0.263. The van der Waals surface area contributed by atoms with Gasteiger partial charge in [0, 0.05) is 25.7 Å². The smallest absolute Gasteiger partial charge is 0.462 e. The molecular weight excluding hydrogens is 1320 g/mol. The molecule has 0 aromatic heterocycles. The quantitative estimate of drug-likeness (QED) is 0.0169. The Morgan fingerprint density at radius 3 is 0.832 bits per heavy atom. The van der Waals surface area contributed by atoms with Crippen LogP contribution >= 0.6 is 15.6 Å². The second kappa shape index (κ2) is 71.8. The summed E-state index contributed by atoms with van der Waals surface area (Å²) in [5.41, 5.74) is 0. The van der Waals surface area contributed by atoms with Crippen LogP contribution in [0.15, 0.2) is 24.3 Å². The molecule has 0 amide bonds. The Balaban J connectivity index is 5.24. The summed E-state index contributed by atoms with van der Waals surface area (Å²) < 4.78 is 68.7. The largest absolute Gasteiger partial charge is 0.472 e. The molecule has 8 atom stereocenters. The van der Waals surface area contributed by atoms with Crippen molar-refractivity contribution < 1.29 is 80.2 Å². The van der Waals surface area contributed by atoms with Crippen LogP contribution in [0.25, 0.3) is 0 Å². The number of unbranched alkanes of at least 4 members (excludes halogenated alkanes) is 40. The van der Waals surface area contributed by atoms with Gasteiger partial charge >= 0.3 is 39.5 Å². The molecule has 0 fully saturated rings. The number of carbonyl (C=O) groups excluding carboxylic acids is 4. The summed E-state index contributed by atoms with van der Waals surface area (Å²) in [4.78, 5) is 73.0. The van der Waals surface area contributed by atoms with E-state index in [1.807, 2.05) is 0 Å². The molecule has 0 saturated carbocycles. The van der Waals surface area contributed by atoms with E-state index >= 15 is 0 Å². The molecule has 3 N–H and O–H groups in total. The third-order valence-electron chi connectivity index (χ3n) is 19.6. The highest BCUT2D eigenvalue weighted by Crippen LogP contribution is 2.45. The molecule has 0 radical (unpaired) electrons. The molecular formula is C82H156O17P2. The lowest BCUT2D eigenvalue weighted by atomic mass is 9.99. The molecule has 0 aromatic carbocycles. The van der Waals surface area contributed by atoms with Gasteiger partial charge in [0.05, 0.1) is 26.4 Å². The standard InChI is InChI=1S/C82H156O17P2/c1-8-12-13-14-15-16-17-18-23-27-30-37-42-51-58-65-81(86)98-77(69-92-79(84)63-56-49-41-36-33-32-35-40-47-54-61-74(6)10-3)71-96-100(88,89)94-67-76(83)68-95-101(90,91)97-72-78(70-93-80(85)64-57-50-45-44-48-55-62-75(7)11-4)99-82(87)66-59-52-43-38-31-28-25-22-20-19-21-24-26-29-34-39-46-53-60-73(5)9-2/h16-18,23,73-78,83H,8-15,19-22,24-72H2,1-7H3,(H,88,89)(H,90,91)/b17-16-,23-18-/t73?,74?,75?,76-,77-,78-/m1/s1. The summed E-state index contributed by atoms with van der Waals surface area (Å²) >= 11 is 0. The zero-order chi connectivity index (χ0) is 74.4. The van der Waals surface area contributed by atoms with E-state index in [0.717, 1.165) is 127 Å². The maximum absolute atomic E-state index is 13.1. The molecule has 596 valence electrons. The number of aliphatic hydroxyl groups excluding tert-OH is 1. The van der Waals surface area contributed by atoms with E-state index in [4.69, 9.17) is 37.0 Å². The van der Waals surface area contributed by atoms with Crippen molar-refractivity contribution in [2.24, 2.45) is 17.8 Å². The molecule has 0 aliphatic carbocycles. The van der Waals surface area contributed by atoms with E-state index in [2.05, 4.69) is 72.8 Å². The van der Waals surface area contributed by atoms with Crippen LogP contribution in [0.5, 0.6) is 0 Å². The van der Waals surface area contributed by atoms with Gasteiger partial charge in [-0.05, 0) is 69.1 Å². The topological polar surface area (TPSA) is 237 Å². The van der Waals surface area contributed by atoms with Gasteiger partial charge in [0.25, 0.3) is 0 Å². The van der Waals surface area contributed by atoms with Crippen molar-refractivity contribution in [3.8, 4) is 0 Å². The molecule has 0 bridgehead atoms. The summed E-state index contributed by atoms with van der Waals surface area (Å²) in [5, 5.41) is 10.6. The fourth-order valence-corrected chi connectivity index (χ4v) is 13.6. The molecule has 0 aliphatic rings. The Morgan fingerprint density at radius 1 is 0.317 bits per heavy atom. The maximum Gasteiger partial charge on any atom is 0.472 e. The predicted octanol–water partition coefficient (Wildman–Crippen LogP) is 24.1. The van der Waals surface area contributed by atoms with Crippen molar-refractivity contribution in [3.63, 3.8) is 0 Å². The van der Waals surface area contributed by atoms with Crippen LogP contribution < -0.4 is 0 Å². The number of ether oxygens (including phenoxy) is 4. The first-order chi connectivity index (χ1) is 48.8. The molecule has 19 heteroatoms. The van der Waals surface area contributed by atoms with E-state index in [0.29, 0.717) is 25.7 Å².